The van der Waals surface area contributed by atoms with Gasteiger partial charge in [-0.2, -0.15) is 0 Å². The third-order valence-corrected chi connectivity index (χ3v) is 13.2. The molecule has 0 heterocycles. The second kappa shape index (κ2) is 6.63. The summed E-state index contributed by atoms with van der Waals surface area (Å²) in [5.74, 6) is 5.58. The Morgan fingerprint density at radius 1 is 0.742 bits per heavy atom. The molecule has 0 radical (unpaired) electrons. The molecule has 5 fully saturated rings. The van der Waals surface area contributed by atoms with E-state index in [0.29, 0.717) is 22.0 Å². The lowest BCUT2D eigenvalue weighted by Crippen LogP contribution is -2.66. The van der Waals surface area contributed by atoms with E-state index < -0.39 is 0 Å². The van der Waals surface area contributed by atoms with Crippen molar-refractivity contribution < 1.29 is 4.79 Å². The SMILES string of the molecule is CC(C)[C@@H]1CC[C@]2(C)CC[C@]3(C)[C@H](CC[C@@H]4[C@]5(C)CC(=O)CC(C)(C)[C@@H]5CC[C@]43C)[C@@H]12. The molecular formula is C30H50O. The zero-order valence-corrected chi connectivity index (χ0v) is 21.9. The Morgan fingerprint density at radius 2 is 1.45 bits per heavy atom. The minimum absolute atomic E-state index is 0.183. The Bertz CT molecular complexity index is 764. The quantitative estimate of drug-likeness (QED) is 0.412. The molecule has 0 amide bonds. The van der Waals surface area contributed by atoms with Gasteiger partial charge in [-0.15, -0.1) is 0 Å². The summed E-state index contributed by atoms with van der Waals surface area (Å²) in [7, 11) is 0. The van der Waals surface area contributed by atoms with Crippen LogP contribution in [0.1, 0.15) is 120 Å². The molecular weight excluding hydrogens is 376 g/mol. The molecule has 0 aromatic heterocycles. The molecule has 176 valence electrons. The van der Waals surface area contributed by atoms with Gasteiger partial charge in [0.1, 0.15) is 5.78 Å². The van der Waals surface area contributed by atoms with Gasteiger partial charge >= 0.3 is 0 Å². The summed E-state index contributed by atoms with van der Waals surface area (Å²) < 4.78 is 0. The number of carbonyl (C=O) groups excluding carboxylic acids is 1. The van der Waals surface area contributed by atoms with Gasteiger partial charge in [0.05, 0.1) is 0 Å². The molecule has 0 unspecified atom stereocenters. The van der Waals surface area contributed by atoms with E-state index in [0.717, 1.165) is 48.3 Å². The van der Waals surface area contributed by atoms with Crippen molar-refractivity contribution in [3.8, 4) is 0 Å². The Balaban J connectivity index is 1.55. The van der Waals surface area contributed by atoms with Crippen LogP contribution in [0.2, 0.25) is 0 Å². The van der Waals surface area contributed by atoms with Crippen molar-refractivity contribution in [1.82, 2.24) is 0 Å². The molecule has 0 aromatic rings. The third kappa shape index (κ3) is 2.76. The largest absolute Gasteiger partial charge is 0.300 e. The highest BCUT2D eigenvalue weighted by Crippen LogP contribution is 2.77. The maximum absolute atomic E-state index is 13.0. The minimum atomic E-state index is 0.183. The summed E-state index contributed by atoms with van der Waals surface area (Å²) in [5, 5.41) is 0. The van der Waals surface area contributed by atoms with E-state index in [1.54, 1.807) is 0 Å². The van der Waals surface area contributed by atoms with Gasteiger partial charge in [0.2, 0.25) is 0 Å². The van der Waals surface area contributed by atoms with Gasteiger partial charge in [0.15, 0.2) is 0 Å². The first-order valence-electron chi connectivity index (χ1n) is 13.8. The molecule has 0 spiro atoms. The minimum Gasteiger partial charge on any atom is -0.300 e. The van der Waals surface area contributed by atoms with Crippen LogP contribution in [0.15, 0.2) is 0 Å². The first-order valence-corrected chi connectivity index (χ1v) is 13.8. The highest BCUT2D eigenvalue weighted by Gasteiger charge is 2.70. The Kier molecular flexibility index (Phi) is 4.80. The summed E-state index contributed by atoms with van der Waals surface area (Å²) in [6.45, 7) is 20.5. The lowest BCUT2D eigenvalue weighted by atomic mass is 9.32. The molecule has 0 bridgehead atoms. The maximum atomic E-state index is 13.0. The molecule has 1 heteroatoms. The van der Waals surface area contributed by atoms with Crippen LogP contribution in [-0.4, -0.2) is 5.78 Å². The van der Waals surface area contributed by atoms with Crippen LogP contribution in [0.5, 0.6) is 0 Å². The maximum Gasteiger partial charge on any atom is 0.134 e. The summed E-state index contributed by atoms with van der Waals surface area (Å²) >= 11 is 0. The number of Topliss-reactive ketones (excluding diaryl/α,β-unsaturated/α-hetero) is 1. The van der Waals surface area contributed by atoms with Crippen molar-refractivity contribution in [2.24, 2.45) is 62.6 Å². The Morgan fingerprint density at radius 3 is 2.13 bits per heavy atom. The van der Waals surface area contributed by atoms with E-state index in [1.807, 2.05) is 0 Å². The molecule has 0 aliphatic heterocycles. The van der Waals surface area contributed by atoms with E-state index in [4.69, 9.17) is 0 Å². The fraction of sp³-hybridized carbons (Fsp3) is 0.967. The smallest absolute Gasteiger partial charge is 0.134 e. The van der Waals surface area contributed by atoms with Crippen molar-refractivity contribution in [3.05, 3.63) is 0 Å². The molecule has 5 aliphatic carbocycles. The standard InChI is InChI=1S/C30H50O/c1-19(2)21-11-13-27(5)15-16-29(7)22(25(21)27)9-10-24-28(6)18-20(31)17-26(3,4)23(28)12-14-30(24,29)8/h19,21-25H,9-18H2,1-8H3/t21-,22+,23-,24+,25+,27+,28+,29+,30+/m0/s1. The Hall–Kier alpha value is -0.330. The van der Waals surface area contributed by atoms with Crippen LogP contribution >= 0.6 is 0 Å². The molecule has 0 saturated heterocycles. The van der Waals surface area contributed by atoms with Crippen LogP contribution in [0, 0.1) is 62.6 Å². The van der Waals surface area contributed by atoms with Crippen molar-refractivity contribution >= 4 is 5.78 Å². The summed E-state index contributed by atoms with van der Waals surface area (Å²) in [5.41, 5.74) is 1.85. The first kappa shape index (κ1) is 22.5. The van der Waals surface area contributed by atoms with E-state index in [-0.39, 0.29) is 10.8 Å². The zero-order valence-electron chi connectivity index (χ0n) is 21.9. The normalized spacial score (nSPS) is 55.9. The number of carbonyl (C=O) groups is 1. The molecule has 5 rings (SSSR count). The van der Waals surface area contributed by atoms with Gasteiger partial charge in [-0.25, -0.2) is 0 Å². The number of hydrogen-bond donors (Lipinski definition) is 0. The highest BCUT2D eigenvalue weighted by atomic mass is 16.1. The molecule has 0 N–H and O–H groups in total. The lowest BCUT2D eigenvalue weighted by molar-refractivity contribution is -0.234. The average Bonchev–Trinajstić information content (AvgIpc) is 2.99. The number of rotatable bonds is 1. The molecule has 0 aromatic carbocycles. The zero-order chi connectivity index (χ0) is 22.6. The van der Waals surface area contributed by atoms with Gasteiger partial charge in [0, 0.05) is 12.8 Å². The van der Waals surface area contributed by atoms with Crippen molar-refractivity contribution in [2.45, 2.75) is 120 Å². The van der Waals surface area contributed by atoms with Gasteiger partial charge in [-0.05, 0) is 114 Å². The second-order valence-corrected chi connectivity index (χ2v) is 15.2. The number of fused-ring (bicyclic) bond motifs is 7. The first-order chi connectivity index (χ1) is 14.3. The fourth-order valence-electron chi connectivity index (χ4n) is 11.8. The third-order valence-electron chi connectivity index (χ3n) is 13.2. The molecule has 5 saturated carbocycles. The van der Waals surface area contributed by atoms with Crippen LogP contribution in [0.3, 0.4) is 0 Å². The summed E-state index contributed by atoms with van der Waals surface area (Å²) in [6, 6.07) is 0. The van der Waals surface area contributed by atoms with Crippen LogP contribution < -0.4 is 0 Å². The number of ketones is 1. The molecule has 1 nitrogen and oxygen atoms in total. The predicted octanol–water partition coefficient (Wildman–Crippen LogP) is 8.31. The van der Waals surface area contributed by atoms with E-state index >= 15 is 0 Å². The van der Waals surface area contributed by atoms with E-state index in [9.17, 15) is 4.79 Å². The van der Waals surface area contributed by atoms with Gasteiger partial charge in [-0.1, -0.05) is 55.4 Å². The summed E-state index contributed by atoms with van der Waals surface area (Å²) in [6.07, 6.45) is 13.0. The number of hydrogen-bond acceptors (Lipinski definition) is 1. The van der Waals surface area contributed by atoms with E-state index in [2.05, 4.69) is 55.4 Å². The lowest BCUT2D eigenvalue weighted by Gasteiger charge is -2.72. The van der Waals surface area contributed by atoms with Gasteiger partial charge in [0.25, 0.3) is 0 Å². The molecule has 5 aliphatic rings. The van der Waals surface area contributed by atoms with Crippen LogP contribution in [0.4, 0.5) is 0 Å². The van der Waals surface area contributed by atoms with Crippen LogP contribution in [0.25, 0.3) is 0 Å². The van der Waals surface area contributed by atoms with Crippen LogP contribution in [-0.2, 0) is 4.79 Å². The topological polar surface area (TPSA) is 17.1 Å². The highest BCUT2D eigenvalue weighted by molar-refractivity contribution is 5.81. The van der Waals surface area contributed by atoms with E-state index in [1.165, 1.54) is 51.4 Å². The van der Waals surface area contributed by atoms with Crippen molar-refractivity contribution in [1.29, 1.82) is 0 Å². The molecule has 31 heavy (non-hydrogen) atoms. The summed E-state index contributed by atoms with van der Waals surface area (Å²) in [4.78, 5) is 13.0. The van der Waals surface area contributed by atoms with Gasteiger partial charge in [-0.3, -0.25) is 4.79 Å². The monoisotopic (exact) mass is 426 g/mol. The Labute approximate surface area is 192 Å². The second-order valence-electron chi connectivity index (χ2n) is 15.2. The molecule has 9 atom stereocenters. The average molecular weight is 427 g/mol. The van der Waals surface area contributed by atoms with Gasteiger partial charge < -0.3 is 0 Å². The van der Waals surface area contributed by atoms with Crippen molar-refractivity contribution in [3.63, 3.8) is 0 Å². The fourth-order valence-corrected chi connectivity index (χ4v) is 11.8. The predicted molar refractivity (Wildman–Crippen MR) is 130 cm³/mol. The van der Waals surface area contributed by atoms with Crippen molar-refractivity contribution in [2.75, 3.05) is 0 Å².